The Balaban J connectivity index is 2.32. The number of hydrogen-bond donors (Lipinski definition) is 2. The molecule has 0 aliphatic carbocycles. The average Bonchev–Trinajstić information content (AvgIpc) is 2.98. The molecule has 112 valence electrons. The van der Waals surface area contributed by atoms with E-state index in [2.05, 4.69) is 25.6 Å². The molecule has 0 aliphatic rings. The van der Waals surface area contributed by atoms with Crippen molar-refractivity contribution in [3.63, 3.8) is 0 Å². The number of aliphatic carboxylic acids is 1. The second-order valence-corrected chi connectivity index (χ2v) is 5.13. The van der Waals surface area contributed by atoms with Crippen LogP contribution in [0.3, 0.4) is 0 Å². The van der Waals surface area contributed by atoms with E-state index in [1.165, 1.54) is 0 Å². The van der Waals surface area contributed by atoms with Crippen molar-refractivity contribution < 1.29 is 9.90 Å². The Bertz CT molecular complexity index is 590. The first-order valence-corrected chi connectivity index (χ1v) is 7.06. The van der Waals surface area contributed by atoms with Gasteiger partial charge in [-0.25, -0.2) is 4.98 Å². The molecule has 2 aromatic rings. The lowest BCUT2D eigenvalue weighted by atomic mass is 9.83. The maximum atomic E-state index is 11.6. The molecular formula is C13H16ClN5O2. The molecule has 2 rings (SSSR count). The quantitative estimate of drug-likeness (QED) is 0.759. The largest absolute Gasteiger partial charge is 0.481 e. The van der Waals surface area contributed by atoms with E-state index >= 15 is 0 Å². The molecule has 0 aliphatic heterocycles. The fraction of sp³-hybridized carbons (Fsp3) is 0.462. The van der Waals surface area contributed by atoms with E-state index in [9.17, 15) is 9.90 Å². The van der Waals surface area contributed by atoms with Crippen molar-refractivity contribution in [1.82, 2.24) is 25.6 Å². The van der Waals surface area contributed by atoms with Gasteiger partial charge in [-0.1, -0.05) is 36.2 Å². The Morgan fingerprint density at radius 3 is 2.90 bits per heavy atom. The predicted octanol–water partition coefficient (Wildman–Crippen LogP) is 2.08. The van der Waals surface area contributed by atoms with E-state index in [0.717, 1.165) is 12.0 Å². The lowest BCUT2D eigenvalue weighted by Gasteiger charge is -2.21. The van der Waals surface area contributed by atoms with Crippen LogP contribution in [-0.2, 0) is 11.2 Å². The van der Waals surface area contributed by atoms with E-state index < -0.39 is 17.8 Å². The number of nitrogens with zero attached hydrogens (tertiary/aromatic N) is 4. The number of H-pyrrole nitrogens is 1. The number of carboxylic acid groups (broad SMARTS) is 1. The fourth-order valence-corrected chi connectivity index (χ4v) is 2.55. The molecule has 0 aromatic carbocycles. The van der Waals surface area contributed by atoms with Crippen LogP contribution in [0.25, 0.3) is 0 Å². The minimum Gasteiger partial charge on any atom is -0.481 e. The Morgan fingerprint density at radius 1 is 1.52 bits per heavy atom. The smallest absolute Gasteiger partial charge is 0.307 e. The van der Waals surface area contributed by atoms with Crippen molar-refractivity contribution in [2.45, 2.75) is 32.1 Å². The highest BCUT2D eigenvalue weighted by molar-refractivity contribution is 6.30. The number of carbonyl (C=O) groups is 1. The lowest BCUT2D eigenvalue weighted by molar-refractivity contribution is -0.142. The van der Waals surface area contributed by atoms with E-state index in [-0.39, 0.29) is 0 Å². The van der Waals surface area contributed by atoms with Crippen LogP contribution in [0.1, 0.15) is 37.1 Å². The van der Waals surface area contributed by atoms with Crippen molar-refractivity contribution in [1.29, 1.82) is 0 Å². The fourth-order valence-electron chi connectivity index (χ4n) is 2.36. The van der Waals surface area contributed by atoms with Crippen LogP contribution in [0.15, 0.2) is 18.3 Å². The zero-order chi connectivity index (χ0) is 15.2. The van der Waals surface area contributed by atoms with Gasteiger partial charge in [0.1, 0.15) is 5.15 Å². The minimum absolute atomic E-state index is 0.367. The molecule has 0 saturated heterocycles. The Hall–Kier alpha value is -2.02. The third-order valence-corrected chi connectivity index (χ3v) is 3.71. The molecule has 0 bridgehead atoms. The van der Waals surface area contributed by atoms with Crippen molar-refractivity contribution in [2.24, 2.45) is 5.92 Å². The molecule has 2 atom stereocenters. The SMILES string of the molecule is CCCC(C(=O)O)C(Cc1cccnc1Cl)c1nn[nH]n1. The number of rotatable bonds is 7. The summed E-state index contributed by atoms with van der Waals surface area (Å²) in [5.41, 5.74) is 0.774. The predicted molar refractivity (Wildman–Crippen MR) is 75.9 cm³/mol. The molecule has 0 fully saturated rings. The Kier molecular flexibility index (Phi) is 5.21. The van der Waals surface area contributed by atoms with E-state index in [4.69, 9.17) is 11.6 Å². The molecule has 7 nitrogen and oxygen atoms in total. The molecule has 2 heterocycles. The first-order valence-electron chi connectivity index (χ1n) is 6.69. The summed E-state index contributed by atoms with van der Waals surface area (Å²) in [5.74, 6) is -1.48. The van der Waals surface area contributed by atoms with Crippen molar-refractivity contribution in [2.75, 3.05) is 0 Å². The van der Waals surface area contributed by atoms with Crippen LogP contribution in [-0.4, -0.2) is 36.7 Å². The molecule has 0 radical (unpaired) electrons. The molecule has 2 aromatic heterocycles. The maximum Gasteiger partial charge on any atom is 0.307 e. The highest BCUT2D eigenvalue weighted by Gasteiger charge is 2.32. The van der Waals surface area contributed by atoms with Gasteiger partial charge in [0.2, 0.25) is 0 Å². The van der Waals surface area contributed by atoms with Gasteiger partial charge in [0.25, 0.3) is 0 Å². The second kappa shape index (κ2) is 7.12. The van der Waals surface area contributed by atoms with Gasteiger partial charge in [0.05, 0.1) is 5.92 Å². The van der Waals surface area contributed by atoms with Gasteiger partial charge in [-0.15, -0.1) is 10.2 Å². The summed E-state index contributed by atoms with van der Waals surface area (Å²) in [6.07, 6.45) is 3.29. The van der Waals surface area contributed by atoms with Gasteiger partial charge in [0.15, 0.2) is 5.82 Å². The third kappa shape index (κ3) is 3.75. The van der Waals surface area contributed by atoms with Crippen LogP contribution in [0.4, 0.5) is 0 Å². The molecule has 2 unspecified atom stereocenters. The number of aromatic nitrogens is 5. The van der Waals surface area contributed by atoms with E-state index in [0.29, 0.717) is 23.8 Å². The first kappa shape index (κ1) is 15.4. The molecule has 2 N–H and O–H groups in total. The first-order chi connectivity index (χ1) is 10.1. The number of carboxylic acids is 1. The monoisotopic (exact) mass is 309 g/mol. The molecular weight excluding hydrogens is 294 g/mol. The number of nitrogens with one attached hydrogen (secondary N) is 1. The topological polar surface area (TPSA) is 105 Å². The third-order valence-electron chi connectivity index (χ3n) is 3.37. The number of hydrogen-bond acceptors (Lipinski definition) is 5. The molecule has 0 saturated carbocycles. The highest BCUT2D eigenvalue weighted by Crippen LogP contribution is 2.31. The molecule has 21 heavy (non-hydrogen) atoms. The van der Waals surface area contributed by atoms with E-state index in [1.807, 2.05) is 13.0 Å². The summed E-state index contributed by atoms with van der Waals surface area (Å²) in [7, 11) is 0. The van der Waals surface area contributed by atoms with Crippen LogP contribution < -0.4 is 0 Å². The second-order valence-electron chi connectivity index (χ2n) is 4.77. The summed E-state index contributed by atoms with van der Waals surface area (Å²) in [5, 5.41) is 23.7. The van der Waals surface area contributed by atoms with Gasteiger partial charge in [-0.05, 0) is 24.5 Å². The standard InChI is InChI=1S/C13H16ClN5O2/c1-2-4-9(13(20)21)10(12-16-18-19-17-12)7-8-5-3-6-15-11(8)14/h3,5-6,9-10H,2,4,7H2,1H3,(H,20,21)(H,16,17,18,19). The van der Waals surface area contributed by atoms with Gasteiger partial charge in [0, 0.05) is 12.1 Å². The Labute approximate surface area is 126 Å². The summed E-state index contributed by atoms with van der Waals surface area (Å²) in [4.78, 5) is 15.6. The van der Waals surface area contributed by atoms with Crippen LogP contribution in [0.5, 0.6) is 0 Å². The number of aromatic amines is 1. The zero-order valence-electron chi connectivity index (χ0n) is 11.5. The maximum absolute atomic E-state index is 11.6. The minimum atomic E-state index is -0.869. The lowest BCUT2D eigenvalue weighted by Crippen LogP contribution is -2.25. The normalized spacial score (nSPS) is 13.8. The molecule has 0 spiro atoms. The van der Waals surface area contributed by atoms with Gasteiger partial charge < -0.3 is 5.11 Å². The molecule has 0 amide bonds. The van der Waals surface area contributed by atoms with Crippen molar-refractivity contribution in [3.05, 3.63) is 34.9 Å². The summed E-state index contributed by atoms with van der Waals surface area (Å²) >= 11 is 6.07. The summed E-state index contributed by atoms with van der Waals surface area (Å²) < 4.78 is 0. The van der Waals surface area contributed by atoms with Crippen molar-refractivity contribution in [3.8, 4) is 0 Å². The average molecular weight is 310 g/mol. The van der Waals surface area contributed by atoms with Crippen LogP contribution in [0.2, 0.25) is 5.15 Å². The number of tetrazole rings is 1. The summed E-state index contributed by atoms with van der Waals surface area (Å²) in [6, 6.07) is 3.59. The van der Waals surface area contributed by atoms with Gasteiger partial charge in [-0.3, -0.25) is 4.79 Å². The van der Waals surface area contributed by atoms with Crippen LogP contribution in [0, 0.1) is 5.92 Å². The van der Waals surface area contributed by atoms with E-state index in [1.54, 1.807) is 12.3 Å². The summed E-state index contributed by atoms with van der Waals surface area (Å²) in [6.45, 7) is 1.94. The molecule has 8 heteroatoms. The number of halogens is 1. The van der Waals surface area contributed by atoms with Gasteiger partial charge in [-0.2, -0.15) is 5.21 Å². The zero-order valence-corrected chi connectivity index (χ0v) is 12.3. The van der Waals surface area contributed by atoms with Crippen molar-refractivity contribution >= 4 is 17.6 Å². The Morgan fingerprint density at radius 2 is 2.33 bits per heavy atom. The van der Waals surface area contributed by atoms with Gasteiger partial charge >= 0.3 is 5.97 Å². The number of pyridine rings is 1. The van der Waals surface area contributed by atoms with Crippen LogP contribution >= 0.6 is 11.6 Å². The highest BCUT2D eigenvalue weighted by atomic mass is 35.5.